The summed E-state index contributed by atoms with van der Waals surface area (Å²) in [7, 11) is -2.90. The fourth-order valence-electron chi connectivity index (χ4n) is 2.12. The van der Waals surface area contributed by atoms with Crippen molar-refractivity contribution in [3.63, 3.8) is 0 Å². The van der Waals surface area contributed by atoms with Gasteiger partial charge in [0, 0.05) is 0 Å². The van der Waals surface area contributed by atoms with E-state index in [2.05, 4.69) is 80.4 Å². The van der Waals surface area contributed by atoms with Gasteiger partial charge in [-0.15, -0.1) is 0 Å². The number of allylic oxidation sites excluding steroid dienone is 2. The molecule has 0 fully saturated rings. The Morgan fingerprint density at radius 2 is 1.06 bits per heavy atom. The molecule has 0 unspecified atom stereocenters. The molecule has 0 aromatic rings. The topological polar surface area (TPSA) is 0 Å². The molecule has 18 heavy (non-hydrogen) atoms. The third kappa shape index (κ3) is 3.27. The minimum atomic E-state index is -1.45. The Morgan fingerprint density at radius 3 is 1.22 bits per heavy atom. The van der Waals surface area contributed by atoms with Crippen LogP contribution in [0, 0.1) is 0 Å². The Hall–Kier alpha value is -0.0862. The predicted molar refractivity (Wildman–Crippen MR) is 92.7 cm³/mol. The Labute approximate surface area is 118 Å². The third-order valence-electron chi connectivity index (χ3n) is 5.38. The van der Waals surface area contributed by atoms with Gasteiger partial charge >= 0.3 is 0 Å². The Morgan fingerprint density at radius 1 is 0.778 bits per heavy atom. The lowest BCUT2D eigenvalue weighted by molar-refractivity contribution is 0.713. The van der Waals surface area contributed by atoms with Crippen molar-refractivity contribution >= 4 is 16.1 Å². The normalized spacial score (nSPS) is 14.3. The molecule has 0 spiro atoms. The van der Waals surface area contributed by atoms with Crippen molar-refractivity contribution in [2.75, 3.05) is 0 Å². The summed E-state index contributed by atoms with van der Waals surface area (Å²) in [6.07, 6.45) is 4.37. The molecule has 0 aliphatic heterocycles. The van der Waals surface area contributed by atoms with E-state index < -0.39 is 16.1 Å². The van der Waals surface area contributed by atoms with E-state index in [0.717, 1.165) is 0 Å². The van der Waals surface area contributed by atoms with Gasteiger partial charge in [0.1, 0.15) is 0 Å². The highest BCUT2D eigenvalue weighted by atomic mass is 28.4. The molecule has 0 radical (unpaired) electrons. The van der Waals surface area contributed by atoms with E-state index in [1.54, 1.807) is 4.82 Å². The van der Waals surface area contributed by atoms with Crippen molar-refractivity contribution in [2.24, 2.45) is 0 Å². The van der Waals surface area contributed by atoms with Crippen molar-refractivity contribution in [3.05, 3.63) is 23.6 Å². The van der Waals surface area contributed by atoms with E-state index in [1.165, 1.54) is 0 Å². The van der Waals surface area contributed by atoms with Gasteiger partial charge in [-0.2, -0.15) is 0 Å². The SMILES string of the molecule is C=CC=C([Si](C)(C)C(C)(C)C)[Si](C)(C)C(C)(C)C. The molecular weight excluding hydrogens is 248 g/mol. The molecule has 0 saturated heterocycles. The predicted octanol–water partition coefficient (Wildman–Crippen LogP) is 6.19. The minimum absolute atomic E-state index is 0.400. The molecule has 0 bridgehead atoms. The molecule has 0 N–H and O–H groups in total. The fraction of sp³-hybridized carbons (Fsp3) is 0.750. The van der Waals surface area contributed by atoms with Crippen LogP contribution in [0.2, 0.25) is 36.3 Å². The summed E-state index contributed by atoms with van der Waals surface area (Å²) in [5.74, 6) is 0. The van der Waals surface area contributed by atoms with E-state index in [-0.39, 0.29) is 0 Å². The molecule has 0 nitrogen and oxygen atoms in total. The van der Waals surface area contributed by atoms with Crippen LogP contribution in [0.25, 0.3) is 0 Å². The summed E-state index contributed by atoms with van der Waals surface area (Å²) < 4.78 is 0. The average Bonchev–Trinajstić information content (AvgIpc) is 2.09. The van der Waals surface area contributed by atoms with Gasteiger partial charge in [0.25, 0.3) is 0 Å². The Kier molecular flexibility index (Phi) is 5.10. The van der Waals surface area contributed by atoms with Crippen LogP contribution in [0.15, 0.2) is 23.6 Å². The summed E-state index contributed by atoms with van der Waals surface area (Å²) in [5, 5.41) is 0.800. The van der Waals surface area contributed by atoms with Gasteiger partial charge < -0.3 is 0 Å². The standard InChI is InChI=1S/C16H34Si2/c1-12-13-14(17(8,9)15(2,3)4)18(10,11)16(5,6)7/h12-13H,1H2,2-11H3. The third-order valence-corrected chi connectivity index (χ3v) is 19.7. The van der Waals surface area contributed by atoms with Gasteiger partial charge in [0.05, 0.1) is 16.1 Å². The minimum Gasteiger partial charge on any atom is -0.0991 e. The Balaban J connectivity index is 5.94. The van der Waals surface area contributed by atoms with Gasteiger partial charge in [-0.25, -0.2) is 0 Å². The zero-order chi connectivity index (χ0) is 15.0. The van der Waals surface area contributed by atoms with E-state index in [4.69, 9.17) is 0 Å². The molecule has 0 atom stereocenters. The lowest BCUT2D eigenvalue weighted by Crippen LogP contribution is -2.53. The maximum Gasteiger partial charge on any atom is 0.0765 e. The molecule has 106 valence electrons. The van der Waals surface area contributed by atoms with Crippen LogP contribution in [0.1, 0.15) is 41.5 Å². The molecule has 0 rings (SSSR count). The molecule has 0 aromatic carbocycles. The van der Waals surface area contributed by atoms with Crippen molar-refractivity contribution in [1.82, 2.24) is 0 Å². The van der Waals surface area contributed by atoms with Gasteiger partial charge in [-0.3, -0.25) is 0 Å². The van der Waals surface area contributed by atoms with Crippen LogP contribution in [0.4, 0.5) is 0 Å². The lowest BCUT2D eigenvalue weighted by atomic mass is 10.2. The average molecular weight is 283 g/mol. The van der Waals surface area contributed by atoms with Gasteiger partial charge in [-0.05, 0) is 10.1 Å². The first kappa shape index (κ1) is 17.9. The zero-order valence-corrected chi connectivity index (χ0v) is 16.4. The van der Waals surface area contributed by atoms with Gasteiger partial charge in [-0.1, -0.05) is 91.3 Å². The summed E-state index contributed by atoms with van der Waals surface area (Å²) >= 11 is 0. The monoisotopic (exact) mass is 282 g/mol. The second-order valence-corrected chi connectivity index (χ2v) is 19.6. The second-order valence-electron chi connectivity index (χ2n) is 8.57. The van der Waals surface area contributed by atoms with E-state index in [9.17, 15) is 0 Å². The number of hydrogen-bond donors (Lipinski definition) is 0. The molecule has 2 heteroatoms. The molecule has 0 heterocycles. The summed E-state index contributed by atoms with van der Waals surface area (Å²) in [4.78, 5) is 1.77. The fourth-order valence-corrected chi connectivity index (χ4v) is 13.3. The first-order valence-corrected chi connectivity index (χ1v) is 13.0. The van der Waals surface area contributed by atoms with Crippen LogP contribution in [-0.2, 0) is 0 Å². The largest absolute Gasteiger partial charge is 0.0991 e. The van der Waals surface area contributed by atoms with Crippen LogP contribution < -0.4 is 0 Å². The van der Waals surface area contributed by atoms with Crippen molar-refractivity contribution in [3.8, 4) is 0 Å². The molecule has 0 aliphatic rings. The highest BCUT2D eigenvalue weighted by molar-refractivity contribution is 7.07. The first-order valence-electron chi connectivity index (χ1n) is 7.03. The highest BCUT2D eigenvalue weighted by Gasteiger charge is 2.48. The van der Waals surface area contributed by atoms with Gasteiger partial charge in [0.15, 0.2) is 0 Å². The smallest absolute Gasteiger partial charge is 0.0765 e. The number of rotatable bonds is 3. The van der Waals surface area contributed by atoms with Crippen molar-refractivity contribution in [2.45, 2.75) is 77.8 Å². The van der Waals surface area contributed by atoms with E-state index in [0.29, 0.717) is 10.1 Å². The summed E-state index contributed by atoms with van der Waals surface area (Å²) in [6, 6.07) is 0. The molecule has 0 aliphatic carbocycles. The zero-order valence-electron chi connectivity index (χ0n) is 14.4. The number of hydrogen-bond acceptors (Lipinski definition) is 0. The summed E-state index contributed by atoms with van der Waals surface area (Å²) in [6.45, 7) is 28.5. The van der Waals surface area contributed by atoms with Crippen LogP contribution in [-0.4, -0.2) is 16.1 Å². The van der Waals surface area contributed by atoms with Crippen LogP contribution in [0.3, 0.4) is 0 Å². The van der Waals surface area contributed by atoms with Gasteiger partial charge in [0.2, 0.25) is 0 Å². The lowest BCUT2D eigenvalue weighted by Gasteiger charge is -2.49. The second kappa shape index (κ2) is 5.12. The van der Waals surface area contributed by atoms with Crippen LogP contribution >= 0.6 is 0 Å². The first-order chi connectivity index (χ1) is 7.69. The maximum absolute atomic E-state index is 3.96. The Bertz CT molecular complexity index is 305. The molecule has 0 amide bonds. The molecule has 0 aromatic heterocycles. The van der Waals surface area contributed by atoms with Crippen LogP contribution in [0.5, 0.6) is 0 Å². The molecular formula is C16H34Si2. The highest BCUT2D eigenvalue weighted by Crippen LogP contribution is 2.49. The van der Waals surface area contributed by atoms with E-state index in [1.807, 2.05) is 6.08 Å². The molecule has 0 saturated carbocycles. The van der Waals surface area contributed by atoms with Crippen molar-refractivity contribution < 1.29 is 0 Å². The summed E-state index contributed by atoms with van der Waals surface area (Å²) in [5.41, 5.74) is 0. The van der Waals surface area contributed by atoms with E-state index >= 15 is 0 Å². The quantitative estimate of drug-likeness (QED) is 0.427. The maximum atomic E-state index is 3.96. The van der Waals surface area contributed by atoms with Crippen molar-refractivity contribution in [1.29, 1.82) is 0 Å².